The topological polar surface area (TPSA) is 94.3 Å². The van der Waals surface area contributed by atoms with Gasteiger partial charge in [-0.3, -0.25) is 0 Å². The smallest absolute Gasteiger partial charge is 0.300 e. The zero-order valence-electron chi connectivity index (χ0n) is 11.1. The fourth-order valence-corrected chi connectivity index (χ4v) is 3.22. The number of ether oxygens (including phenoxy) is 1. The van der Waals surface area contributed by atoms with Crippen molar-refractivity contribution in [2.45, 2.75) is 24.3 Å². The van der Waals surface area contributed by atoms with Crippen LogP contribution in [0, 0.1) is 0 Å². The molecule has 3 rings (SSSR count). The second kappa shape index (κ2) is 5.61. The Kier molecular flexibility index (Phi) is 3.79. The van der Waals surface area contributed by atoms with Crippen LogP contribution in [0.15, 0.2) is 27.6 Å². The van der Waals surface area contributed by atoms with Gasteiger partial charge in [-0.15, -0.1) is 0 Å². The number of fused-ring (bicyclic) bond motifs is 1. The van der Waals surface area contributed by atoms with E-state index in [0.717, 1.165) is 5.56 Å². The van der Waals surface area contributed by atoms with Gasteiger partial charge in [0, 0.05) is 6.42 Å². The first kappa shape index (κ1) is 14.9. The molecule has 0 spiro atoms. The van der Waals surface area contributed by atoms with E-state index in [4.69, 9.17) is 4.74 Å². The Morgan fingerprint density at radius 3 is 2.91 bits per heavy atom. The average molecular weight is 331 g/mol. The number of para-hydroxylation sites is 1. The van der Waals surface area contributed by atoms with Crippen molar-refractivity contribution in [3.8, 4) is 5.75 Å². The maximum atomic E-state index is 12.3. The SMILES string of the molecule is O=S(=O)(NCc1nc(C(F)F)no1)c1cccc2c1OCC2. The molecule has 118 valence electrons. The summed E-state index contributed by atoms with van der Waals surface area (Å²) in [5.41, 5.74) is 0.806. The van der Waals surface area contributed by atoms with Gasteiger partial charge in [-0.05, 0) is 11.6 Å². The van der Waals surface area contributed by atoms with Crippen LogP contribution < -0.4 is 9.46 Å². The minimum Gasteiger partial charge on any atom is -0.492 e. The molecule has 0 radical (unpaired) electrons. The molecule has 1 aliphatic heterocycles. The lowest BCUT2D eigenvalue weighted by Gasteiger charge is -2.09. The van der Waals surface area contributed by atoms with Gasteiger partial charge >= 0.3 is 6.43 Å². The van der Waals surface area contributed by atoms with Gasteiger partial charge in [-0.25, -0.2) is 21.9 Å². The molecule has 0 atom stereocenters. The first-order valence-corrected chi connectivity index (χ1v) is 7.80. The Morgan fingerprint density at radius 1 is 1.36 bits per heavy atom. The number of hydrogen-bond donors (Lipinski definition) is 1. The fourth-order valence-electron chi connectivity index (χ4n) is 2.06. The Hall–Kier alpha value is -2.07. The predicted octanol–water partition coefficient (Wildman–Crippen LogP) is 1.42. The third kappa shape index (κ3) is 2.79. The van der Waals surface area contributed by atoms with E-state index in [1.54, 1.807) is 12.1 Å². The van der Waals surface area contributed by atoms with Crippen molar-refractivity contribution >= 4 is 10.0 Å². The van der Waals surface area contributed by atoms with Crippen LogP contribution in [0.2, 0.25) is 0 Å². The molecule has 10 heteroatoms. The molecule has 1 aromatic heterocycles. The van der Waals surface area contributed by atoms with E-state index < -0.39 is 22.3 Å². The van der Waals surface area contributed by atoms with Crippen molar-refractivity contribution in [2.24, 2.45) is 0 Å². The highest BCUT2D eigenvalue weighted by molar-refractivity contribution is 7.89. The minimum atomic E-state index is -3.88. The predicted molar refractivity (Wildman–Crippen MR) is 68.9 cm³/mol. The summed E-state index contributed by atoms with van der Waals surface area (Å²) >= 11 is 0. The number of sulfonamides is 1. The lowest BCUT2D eigenvalue weighted by molar-refractivity contribution is 0.136. The second-order valence-corrected chi connectivity index (χ2v) is 6.25. The summed E-state index contributed by atoms with van der Waals surface area (Å²) < 4.78 is 61.3. The zero-order valence-corrected chi connectivity index (χ0v) is 11.9. The molecule has 2 heterocycles. The highest BCUT2D eigenvalue weighted by atomic mass is 32.2. The Morgan fingerprint density at radius 2 is 2.18 bits per heavy atom. The molecule has 0 aliphatic carbocycles. The van der Waals surface area contributed by atoms with Crippen LogP contribution >= 0.6 is 0 Å². The van der Waals surface area contributed by atoms with E-state index in [1.807, 2.05) is 0 Å². The summed E-state index contributed by atoms with van der Waals surface area (Å²) in [6.45, 7) is 0.0367. The molecule has 2 aromatic rings. The summed E-state index contributed by atoms with van der Waals surface area (Å²) in [4.78, 5) is 3.39. The van der Waals surface area contributed by atoms with Crippen LogP contribution in [0.3, 0.4) is 0 Å². The van der Waals surface area contributed by atoms with Crippen LogP contribution in [-0.4, -0.2) is 25.2 Å². The van der Waals surface area contributed by atoms with E-state index in [9.17, 15) is 17.2 Å². The van der Waals surface area contributed by atoms with Crippen LogP contribution in [0.5, 0.6) is 5.75 Å². The van der Waals surface area contributed by atoms with Gasteiger partial charge in [-0.1, -0.05) is 17.3 Å². The molecule has 0 unspecified atom stereocenters. The number of rotatable bonds is 5. The number of aromatic nitrogens is 2. The quantitative estimate of drug-likeness (QED) is 0.890. The maximum absolute atomic E-state index is 12.3. The summed E-state index contributed by atoms with van der Waals surface area (Å²) in [5, 5.41) is 3.05. The molecule has 0 saturated carbocycles. The number of alkyl halides is 2. The van der Waals surface area contributed by atoms with Gasteiger partial charge in [0.15, 0.2) is 0 Å². The van der Waals surface area contributed by atoms with Crippen molar-refractivity contribution in [2.75, 3.05) is 6.61 Å². The Balaban J connectivity index is 1.78. The van der Waals surface area contributed by atoms with E-state index in [0.29, 0.717) is 18.8 Å². The first-order valence-electron chi connectivity index (χ1n) is 6.32. The lowest BCUT2D eigenvalue weighted by Crippen LogP contribution is -2.24. The van der Waals surface area contributed by atoms with Crippen LogP contribution in [-0.2, 0) is 23.0 Å². The van der Waals surface area contributed by atoms with Gasteiger partial charge in [0.25, 0.3) is 0 Å². The second-order valence-electron chi connectivity index (χ2n) is 4.51. The summed E-state index contributed by atoms with van der Waals surface area (Å²) in [7, 11) is -3.88. The number of halogens is 2. The van der Waals surface area contributed by atoms with Gasteiger partial charge in [-0.2, -0.15) is 4.98 Å². The zero-order chi connectivity index (χ0) is 15.7. The number of hydrogen-bond acceptors (Lipinski definition) is 6. The van der Waals surface area contributed by atoms with Crippen molar-refractivity contribution in [1.29, 1.82) is 0 Å². The largest absolute Gasteiger partial charge is 0.492 e. The molecule has 0 fully saturated rings. The molecular formula is C12H11F2N3O4S. The summed E-state index contributed by atoms with van der Waals surface area (Å²) in [5.74, 6) is -0.709. The molecule has 0 bridgehead atoms. The molecule has 7 nitrogen and oxygen atoms in total. The van der Waals surface area contributed by atoms with Crippen molar-refractivity contribution < 1.29 is 26.5 Å². The maximum Gasteiger partial charge on any atom is 0.300 e. The molecular weight excluding hydrogens is 320 g/mol. The van der Waals surface area contributed by atoms with E-state index in [1.165, 1.54) is 6.07 Å². The van der Waals surface area contributed by atoms with Gasteiger partial charge < -0.3 is 9.26 Å². The van der Waals surface area contributed by atoms with Crippen LogP contribution in [0.1, 0.15) is 23.7 Å². The molecule has 0 amide bonds. The van der Waals surface area contributed by atoms with Gasteiger partial charge in [0.1, 0.15) is 10.6 Å². The highest BCUT2D eigenvalue weighted by Gasteiger charge is 2.25. The number of benzene rings is 1. The lowest BCUT2D eigenvalue weighted by atomic mass is 10.2. The van der Waals surface area contributed by atoms with Gasteiger partial charge in [0.2, 0.25) is 21.7 Å². The molecule has 1 aliphatic rings. The fraction of sp³-hybridized carbons (Fsp3) is 0.333. The third-order valence-corrected chi connectivity index (χ3v) is 4.49. The number of nitrogens with one attached hydrogen (secondary N) is 1. The summed E-state index contributed by atoms with van der Waals surface area (Å²) in [6, 6.07) is 4.81. The molecule has 1 aromatic carbocycles. The van der Waals surface area contributed by atoms with Crippen molar-refractivity contribution in [3.63, 3.8) is 0 Å². The molecule has 0 saturated heterocycles. The standard InChI is InChI=1S/C12H11F2N3O4S/c13-11(14)12-16-9(21-17-12)6-15-22(18,19)8-3-1-2-7-4-5-20-10(7)8/h1-3,11,15H,4-6H2. The Bertz CT molecular complexity index is 791. The third-order valence-electron chi connectivity index (χ3n) is 3.06. The minimum absolute atomic E-state index is 0.00361. The van der Waals surface area contributed by atoms with Crippen LogP contribution in [0.4, 0.5) is 8.78 Å². The first-order chi connectivity index (χ1) is 10.5. The normalized spacial score (nSPS) is 14.1. The van der Waals surface area contributed by atoms with Crippen LogP contribution in [0.25, 0.3) is 0 Å². The monoisotopic (exact) mass is 331 g/mol. The van der Waals surface area contributed by atoms with Crippen molar-refractivity contribution in [1.82, 2.24) is 14.9 Å². The van der Waals surface area contributed by atoms with Crippen molar-refractivity contribution in [3.05, 3.63) is 35.5 Å². The summed E-state index contributed by atoms with van der Waals surface area (Å²) in [6.07, 6.45) is -2.24. The highest BCUT2D eigenvalue weighted by Crippen LogP contribution is 2.32. The molecule has 22 heavy (non-hydrogen) atoms. The van der Waals surface area contributed by atoms with E-state index >= 15 is 0 Å². The Labute approximate surface area is 124 Å². The van der Waals surface area contributed by atoms with E-state index in [2.05, 4.69) is 19.4 Å². The number of nitrogens with zero attached hydrogens (tertiary/aromatic N) is 2. The van der Waals surface area contributed by atoms with Gasteiger partial charge in [0.05, 0.1) is 13.2 Å². The average Bonchev–Trinajstić information content (AvgIpc) is 3.13. The molecule has 1 N–H and O–H groups in total. The van der Waals surface area contributed by atoms with E-state index in [-0.39, 0.29) is 17.3 Å².